The van der Waals surface area contributed by atoms with Crippen LogP contribution in [0.2, 0.25) is 0 Å². The monoisotopic (exact) mass is 469 g/mol. The molecule has 0 aliphatic carbocycles. The number of halogens is 2. The summed E-state index contributed by atoms with van der Waals surface area (Å²) >= 11 is 0. The first-order valence-corrected chi connectivity index (χ1v) is 11.9. The molecule has 0 bridgehead atoms. The number of pyridine rings is 1. The van der Waals surface area contributed by atoms with Crippen molar-refractivity contribution in [1.29, 1.82) is 0 Å². The first-order chi connectivity index (χ1) is 16.5. The van der Waals surface area contributed by atoms with Crippen LogP contribution < -0.4 is 21.0 Å². The highest BCUT2D eigenvalue weighted by molar-refractivity contribution is 6.04. The fourth-order valence-corrected chi connectivity index (χ4v) is 4.52. The van der Waals surface area contributed by atoms with Gasteiger partial charge >= 0.3 is 0 Å². The van der Waals surface area contributed by atoms with Crippen LogP contribution >= 0.6 is 0 Å². The van der Waals surface area contributed by atoms with Crippen molar-refractivity contribution in [3.05, 3.63) is 58.9 Å². The summed E-state index contributed by atoms with van der Waals surface area (Å²) in [6.45, 7) is 7.85. The molecule has 2 aromatic rings. The highest BCUT2D eigenvalue weighted by atomic mass is 19.1. The Kier molecular flexibility index (Phi) is 7.13. The summed E-state index contributed by atoms with van der Waals surface area (Å²) in [5, 5.41) is 8.52. The second kappa shape index (κ2) is 10.1. The van der Waals surface area contributed by atoms with E-state index in [0.717, 1.165) is 48.7 Å². The van der Waals surface area contributed by atoms with Gasteiger partial charge in [-0.25, -0.2) is 23.8 Å². The fourth-order valence-electron chi connectivity index (χ4n) is 4.52. The van der Waals surface area contributed by atoms with Crippen LogP contribution in [-0.2, 0) is 0 Å². The normalized spacial score (nSPS) is 20.4. The second-order valence-electron chi connectivity index (χ2n) is 8.48. The van der Waals surface area contributed by atoms with E-state index in [9.17, 15) is 8.78 Å². The molecule has 0 spiro atoms. The van der Waals surface area contributed by atoms with Crippen LogP contribution in [0.15, 0.2) is 41.2 Å². The van der Waals surface area contributed by atoms with Gasteiger partial charge in [-0.2, -0.15) is 0 Å². The van der Waals surface area contributed by atoms with E-state index in [2.05, 4.69) is 30.9 Å². The summed E-state index contributed by atoms with van der Waals surface area (Å²) in [6.07, 6.45) is 3.80. The molecule has 0 saturated carbocycles. The van der Waals surface area contributed by atoms with Gasteiger partial charge in [0.15, 0.2) is 0 Å². The molecule has 1 atom stereocenters. The van der Waals surface area contributed by atoms with Gasteiger partial charge in [-0.15, -0.1) is 0 Å². The topological polar surface area (TPSA) is 67.8 Å². The highest BCUT2D eigenvalue weighted by Crippen LogP contribution is 2.36. The van der Waals surface area contributed by atoms with Crippen molar-refractivity contribution in [2.45, 2.75) is 45.7 Å². The number of fused-ring (bicyclic) bond motifs is 2. The van der Waals surface area contributed by atoms with Crippen molar-refractivity contribution in [3.63, 3.8) is 0 Å². The molecule has 3 aliphatic heterocycles. The number of benzene rings is 1. The zero-order valence-corrected chi connectivity index (χ0v) is 20.4. The second-order valence-corrected chi connectivity index (χ2v) is 8.48. The maximum Gasteiger partial charge on any atom is 0.144 e. The minimum atomic E-state index is -0.661. The van der Waals surface area contributed by atoms with Crippen molar-refractivity contribution in [1.82, 2.24) is 26.1 Å². The van der Waals surface area contributed by atoms with E-state index >= 15 is 0 Å². The van der Waals surface area contributed by atoms with Gasteiger partial charge in [-0.3, -0.25) is 0 Å². The number of nitrogens with one attached hydrogen (secondary N) is 3. The summed E-state index contributed by atoms with van der Waals surface area (Å²) < 4.78 is 29.2. The molecule has 1 aromatic heterocycles. The maximum atomic E-state index is 14.6. The van der Waals surface area contributed by atoms with Crippen LogP contribution in [0.3, 0.4) is 0 Å². The molecule has 3 N–H and O–H groups in total. The van der Waals surface area contributed by atoms with Crippen molar-refractivity contribution in [3.8, 4) is 0 Å². The largest absolute Gasteiger partial charge is 0.356 e. The third-order valence-electron chi connectivity index (χ3n) is 6.61. The molecule has 1 saturated heterocycles. The standard InChI is InChI=1S/C23H27F2N7.C2H6/c1-13-21-22(30-31(13)3)15-11-19(32-9-7-14(26-2)8-10-32)27-12-18(15)28-23(29-21)20-16(24)5-4-6-17(20)25;1-2/h4-6,11-14,26,30H,7-10H2,1-3H3,(H,28,29);1-2H3. The molecule has 1 fully saturated rings. The summed E-state index contributed by atoms with van der Waals surface area (Å²) in [6, 6.07) is 6.33. The lowest BCUT2D eigenvalue weighted by molar-refractivity contribution is 0.263. The molecule has 1 unspecified atom stereocenters. The minimum Gasteiger partial charge on any atom is -0.356 e. The summed E-state index contributed by atoms with van der Waals surface area (Å²) in [7, 11) is 3.94. The molecule has 0 amide bonds. The Bertz CT molecular complexity index is 1090. The van der Waals surface area contributed by atoms with E-state index in [1.807, 2.05) is 45.9 Å². The molecular formula is C25H33F2N7. The maximum absolute atomic E-state index is 14.6. The number of nitrogens with zero attached hydrogens (tertiary/aromatic N) is 4. The Morgan fingerprint density at radius 3 is 2.44 bits per heavy atom. The Labute approximate surface area is 199 Å². The number of anilines is 1. The lowest BCUT2D eigenvalue weighted by atomic mass is 10.0. The van der Waals surface area contributed by atoms with Gasteiger partial charge in [0.1, 0.15) is 23.3 Å². The molecule has 1 aromatic carbocycles. The number of likely N-dealkylation sites (N-methyl/N-ethyl adjacent to an activating group) is 1. The molecule has 34 heavy (non-hydrogen) atoms. The predicted octanol–water partition coefficient (Wildman–Crippen LogP) is 3.76. The number of aromatic nitrogens is 1. The van der Waals surface area contributed by atoms with E-state index in [1.165, 1.54) is 18.2 Å². The molecule has 9 heteroatoms. The molecule has 0 radical (unpaired) electrons. The van der Waals surface area contributed by atoms with Crippen LogP contribution in [0.25, 0.3) is 5.70 Å². The third-order valence-corrected chi connectivity index (χ3v) is 6.61. The van der Waals surface area contributed by atoms with Gasteiger partial charge in [0.2, 0.25) is 0 Å². The van der Waals surface area contributed by atoms with Crippen molar-refractivity contribution in [2.24, 2.45) is 4.99 Å². The fraction of sp³-hybridized carbons (Fsp3) is 0.440. The van der Waals surface area contributed by atoms with E-state index < -0.39 is 11.6 Å². The van der Waals surface area contributed by atoms with Crippen LogP contribution in [0, 0.1) is 11.6 Å². The van der Waals surface area contributed by atoms with Gasteiger partial charge in [-0.1, -0.05) is 19.9 Å². The van der Waals surface area contributed by atoms with Crippen molar-refractivity contribution in [2.75, 3.05) is 32.1 Å². The number of aliphatic imine (C=N–C) groups is 1. The molecule has 182 valence electrons. The van der Waals surface area contributed by atoms with E-state index in [0.29, 0.717) is 11.7 Å². The molecular weight excluding hydrogens is 436 g/mol. The van der Waals surface area contributed by atoms with Gasteiger partial charge in [0.25, 0.3) is 0 Å². The Hall–Kier alpha value is -3.04. The van der Waals surface area contributed by atoms with Gasteiger partial charge in [0.05, 0.1) is 34.9 Å². The van der Waals surface area contributed by atoms with Gasteiger partial charge in [-0.05, 0) is 45.0 Å². The Morgan fingerprint density at radius 2 is 1.79 bits per heavy atom. The van der Waals surface area contributed by atoms with Gasteiger partial charge < -0.3 is 21.0 Å². The molecule has 4 heterocycles. The van der Waals surface area contributed by atoms with Crippen LogP contribution in [0.4, 0.5) is 20.3 Å². The number of hydrazine groups is 1. The van der Waals surface area contributed by atoms with Crippen LogP contribution in [0.5, 0.6) is 0 Å². The molecule has 7 nitrogen and oxygen atoms in total. The highest BCUT2D eigenvalue weighted by Gasteiger charge is 2.33. The summed E-state index contributed by atoms with van der Waals surface area (Å²) in [4.78, 5) is 11.5. The molecule has 5 rings (SSSR count). The first kappa shape index (κ1) is 24.1. The van der Waals surface area contributed by atoms with E-state index in [4.69, 9.17) is 0 Å². The van der Waals surface area contributed by atoms with E-state index in [-0.39, 0.29) is 17.4 Å². The first-order valence-electron chi connectivity index (χ1n) is 11.9. The Balaban J connectivity index is 0.00000133. The van der Waals surface area contributed by atoms with Crippen molar-refractivity contribution < 1.29 is 8.78 Å². The number of hydrogen-bond donors (Lipinski definition) is 3. The van der Waals surface area contributed by atoms with E-state index in [1.54, 1.807) is 6.20 Å². The van der Waals surface area contributed by atoms with Gasteiger partial charge in [0, 0.05) is 31.7 Å². The lowest BCUT2D eigenvalue weighted by Crippen LogP contribution is -2.41. The summed E-state index contributed by atoms with van der Waals surface area (Å²) in [5.74, 6) is -0.304. The average molecular weight is 470 g/mol. The average Bonchev–Trinajstić information content (AvgIpc) is 3.04. The lowest BCUT2D eigenvalue weighted by Gasteiger charge is -2.33. The minimum absolute atomic E-state index is 0.0426. The number of amidine groups is 1. The zero-order chi connectivity index (χ0) is 24.4. The van der Waals surface area contributed by atoms with Crippen molar-refractivity contribution >= 4 is 23.0 Å². The van der Waals surface area contributed by atoms with Crippen LogP contribution in [0.1, 0.15) is 44.7 Å². The predicted molar refractivity (Wildman–Crippen MR) is 133 cm³/mol. The van der Waals surface area contributed by atoms with Crippen LogP contribution in [-0.4, -0.2) is 55.1 Å². The zero-order valence-electron chi connectivity index (χ0n) is 20.4. The molecule has 3 aliphatic rings. The number of piperidine rings is 1. The third kappa shape index (κ3) is 4.37. The number of hydrogen-bond acceptors (Lipinski definition) is 7. The SMILES string of the molecule is CC.CNC1CCN(c2cc3c(cn2)N=C(c2c(F)cccc2F)NC2=C3NN(C)C2C)CC1. The number of rotatable bonds is 3. The Morgan fingerprint density at radius 1 is 1.12 bits per heavy atom. The quantitative estimate of drug-likeness (QED) is 0.636. The summed E-state index contributed by atoms with van der Waals surface area (Å²) in [5.41, 5.74) is 6.29. The smallest absolute Gasteiger partial charge is 0.144 e.